The van der Waals surface area contributed by atoms with Crippen LogP contribution in [0, 0.1) is 0 Å². The maximum Gasteiger partial charge on any atom is 0.256 e. The van der Waals surface area contributed by atoms with Crippen LogP contribution >= 0.6 is 0 Å². The summed E-state index contributed by atoms with van der Waals surface area (Å²) in [4.78, 5) is 0. The zero-order valence-electron chi connectivity index (χ0n) is 12.9. The fourth-order valence-electron chi connectivity index (χ4n) is 2.74. The quantitative estimate of drug-likeness (QED) is 0.646. The zero-order valence-corrected chi connectivity index (χ0v) is 12.9. The summed E-state index contributed by atoms with van der Waals surface area (Å²) in [5, 5.41) is 0. The molecule has 108 valence electrons. The number of benzene rings is 1. The standard InChI is InChI=1S/C18H27N2/c1-3-5-13-19-15-16-20(18(19)4-2)14-9-12-17-10-7-6-8-11-17/h6-8,10-11,15-16H,3-5,9,12-14H2,1-2H3/q+1. The van der Waals surface area contributed by atoms with Gasteiger partial charge >= 0.3 is 0 Å². The second-order valence-corrected chi connectivity index (χ2v) is 5.40. The molecule has 0 aliphatic heterocycles. The highest BCUT2D eigenvalue weighted by Crippen LogP contribution is 2.04. The van der Waals surface area contributed by atoms with E-state index in [1.54, 1.807) is 0 Å². The lowest BCUT2D eigenvalue weighted by Crippen LogP contribution is -2.37. The van der Waals surface area contributed by atoms with Crippen LogP contribution < -0.4 is 4.57 Å². The van der Waals surface area contributed by atoms with Crippen molar-refractivity contribution < 1.29 is 4.57 Å². The third kappa shape index (κ3) is 3.96. The molecule has 0 fully saturated rings. The van der Waals surface area contributed by atoms with Crippen LogP contribution in [0.4, 0.5) is 0 Å². The van der Waals surface area contributed by atoms with Crippen molar-refractivity contribution in [2.75, 3.05) is 0 Å². The molecule has 0 amide bonds. The summed E-state index contributed by atoms with van der Waals surface area (Å²) in [7, 11) is 0. The monoisotopic (exact) mass is 271 g/mol. The number of aryl methyl sites for hydroxylation is 3. The molecule has 2 rings (SSSR count). The van der Waals surface area contributed by atoms with Crippen molar-refractivity contribution >= 4 is 0 Å². The van der Waals surface area contributed by atoms with Crippen molar-refractivity contribution in [3.8, 4) is 0 Å². The lowest BCUT2D eigenvalue weighted by molar-refractivity contribution is -0.704. The van der Waals surface area contributed by atoms with Crippen molar-refractivity contribution in [1.29, 1.82) is 0 Å². The fourth-order valence-corrected chi connectivity index (χ4v) is 2.74. The van der Waals surface area contributed by atoms with Gasteiger partial charge in [-0.25, -0.2) is 9.13 Å². The molecular formula is C18H27N2+. The first-order valence-electron chi connectivity index (χ1n) is 7.96. The fraction of sp³-hybridized carbons (Fsp3) is 0.500. The number of rotatable bonds is 8. The third-order valence-electron chi connectivity index (χ3n) is 3.87. The minimum atomic E-state index is 1.11. The second kappa shape index (κ2) is 7.88. The van der Waals surface area contributed by atoms with Gasteiger partial charge in [-0.1, -0.05) is 50.6 Å². The highest BCUT2D eigenvalue weighted by Gasteiger charge is 2.14. The Balaban J connectivity index is 1.90. The predicted octanol–water partition coefficient (Wildman–Crippen LogP) is 3.77. The zero-order chi connectivity index (χ0) is 14.2. The average Bonchev–Trinajstić information content (AvgIpc) is 2.88. The van der Waals surface area contributed by atoms with E-state index >= 15 is 0 Å². The molecule has 0 aliphatic rings. The van der Waals surface area contributed by atoms with E-state index < -0.39 is 0 Å². The first-order chi connectivity index (χ1) is 9.85. The maximum absolute atomic E-state index is 2.43. The van der Waals surface area contributed by atoms with Gasteiger partial charge in [-0.2, -0.15) is 0 Å². The number of aromatic nitrogens is 2. The molecule has 0 unspecified atom stereocenters. The van der Waals surface area contributed by atoms with E-state index in [1.165, 1.54) is 30.7 Å². The van der Waals surface area contributed by atoms with E-state index in [0.29, 0.717) is 0 Å². The summed E-state index contributed by atoms with van der Waals surface area (Å²) in [5.74, 6) is 1.46. The molecule has 0 radical (unpaired) electrons. The van der Waals surface area contributed by atoms with Gasteiger partial charge in [-0.3, -0.25) is 0 Å². The predicted molar refractivity (Wildman–Crippen MR) is 83.7 cm³/mol. The Kier molecular flexibility index (Phi) is 5.85. The van der Waals surface area contributed by atoms with Crippen LogP contribution in [0.3, 0.4) is 0 Å². The van der Waals surface area contributed by atoms with Gasteiger partial charge in [0.05, 0.1) is 13.1 Å². The van der Waals surface area contributed by atoms with Gasteiger partial charge in [0.2, 0.25) is 0 Å². The second-order valence-electron chi connectivity index (χ2n) is 5.40. The Morgan fingerprint density at radius 1 is 1.05 bits per heavy atom. The van der Waals surface area contributed by atoms with E-state index in [4.69, 9.17) is 0 Å². The number of nitrogens with zero attached hydrogens (tertiary/aromatic N) is 2. The Morgan fingerprint density at radius 3 is 2.55 bits per heavy atom. The molecule has 2 heteroatoms. The van der Waals surface area contributed by atoms with Crippen LogP contribution in [0.1, 0.15) is 44.5 Å². The Labute approximate surface area is 123 Å². The van der Waals surface area contributed by atoms with Crippen molar-refractivity contribution in [3.63, 3.8) is 0 Å². The molecule has 20 heavy (non-hydrogen) atoms. The Hall–Kier alpha value is -1.57. The van der Waals surface area contributed by atoms with Crippen LogP contribution in [0.2, 0.25) is 0 Å². The van der Waals surface area contributed by atoms with Gasteiger partial charge in [-0.15, -0.1) is 0 Å². The van der Waals surface area contributed by atoms with E-state index in [2.05, 4.69) is 65.7 Å². The smallest absolute Gasteiger partial charge is 0.234 e. The molecule has 1 aromatic carbocycles. The molecule has 0 atom stereocenters. The minimum Gasteiger partial charge on any atom is -0.234 e. The Morgan fingerprint density at radius 2 is 1.85 bits per heavy atom. The molecule has 1 aromatic heterocycles. The van der Waals surface area contributed by atoms with E-state index in [0.717, 1.165) is 25.9 Å². The summed E-state index contributed by atoms with van der Waals surface area (Å²) in [6, 6.07) is 10.8. The molecule has 0 N–H and O–H groups in total. The first kappa shape index (κ1) is 14.8. The summed E-state index contributed by atoms with van der Waals surface area (Å²) in [5.41, 5.74) is 1.44. The molecule has 2 nitrogen and oxygen atoms in total. The first-order valence-corrected chi connectivity index (χ1v) is 7.96. The largest absolute Gasteiger partial charge is 0.256 e. The number of imidazole rings is 1. The molecule has 0 bridgehead atoms. The molecule has 0 spiro atoms. The SMILES string of the molecule is CCCCn1cc[n+](CCCc2ccccc2)c1CC. The van der Waals surface area contributed by atoms with Crippen molar-refractivity contribution in [2.24, 2.45) is 0 Å². The highest BCUT2D eigenvalue weighted by molar-refractivity contribution is 5.14. The van der Waals surface area contributed by atoms with Gasteiger partial charge in [0.15, 0.2) is 0 Å². The van der Waals surface area contributed by atoms with Gasteiger partial charge in [0, 0.05) is 6.42 Å². The summed E-state index contributed by atoms with van der Waals surface area (Å²) in [6.07, 6.45) is 10.5. The summed E-state index contributed by atoms with van der Waals surface area (Å²) < 4.78 is 4.85. The highest BCUT2D eigenvalue weighted by atomic mass is 15.1. The van der Waals surface area contributed by atoms with E-state index in [9.17, 15) is 0 Å². The third-order valence-corrected chi connectivity index (χ3v) is 3.87. The number of unbranched alkanes of at least 4 members (excludes halogenated alkanes) is 1. The van der Waals surface area contributed by atoms with E-state index in [-0.39, 0.29) is 0 Å². The Bertz CT molecular complexity index is 499. The molecule has 0 saturated heterocycles. The molecule has 0 aliphatic carbocycles. The average molecular weight is 271 g/mol. The summed E-state index contributed by atoms with van der Waals surface area (Å²) in [6.45, 7) is 6.79. The topological polar surface area (TPSA) is 8.81 Å². The number of hydrogen-bond donors (Lipinski definition) is 0. The van der Waals surface area contributed by atoms with E-state index in [1.807, 2.05) is 0 Å². The van der Waals surface area contributed by atoms with Gasteiger partial charge < -0.3 is 0 Å². The van der Waals surface area contributed by atoms with Gasteiger partial charge in [-0.05, 0) is 24.8 Å². The van der Waals surface area contributed by atoms with Crippen molar-refractivity contribution in [3.05, 3.63) is 54.1 Å². The van der Waals surface area contributed by atoms with Crippen LogP contribution in [-0.4, -0.2) is 4.57 Å². The molecule has 0 saturated carbocycles. The maximum atomic E-state index is 2.43. The van der Waals surface area contributed by atoms with Crippen LogP contribution in [0.5, 0.6) is 0 Å². The van der Waals surface area contributed by atoms with Crippen LogP contribution in [0.15, 0.2) is 42.7 Å². The summed E-state index contributed by atoms with van der Waals surface area (Å²) >= 11 is 0. The van der Waals surface area contributed by atoms with Crippen LogP contribution in [0.25, 0.3) is 0 Å². The van der Waals surface area contributed by atoms with Gasteiger partial charge in [0.1, 0.15) is 12.4 Å². The van der Waals surface area contributed by atoms with Crippen LogP contribution in [-0.2, 0) is 25.9 Å². The van der Waals surface area contributed by atoms with Crippen molar-refractivity contribution in [2.45, 2.75) is 59.0 Å². The minimum absolute atomic E-state index is 1.11. The number of hydrogen-bond acceptors (Lipinski definition) is 0. The van der Waals surface area contributed by atoms with Crippen molar-refractivity contribution in [1.82, 2.24) is 4.57 Å². The lowest BCUT2D eigenvalue weighted by Gasteiger charge is -2.04. The lowest BCUT2D eigenvalue weighted by atomic mass is 10.1. The molecule has 1 heterocycles. The molecule has 2 aromatic rings. The normalized spacial score (nSPS) is 10.9. The molecular weight excluding hydrogens is 244 g/mol. The van der Waals surface area contributed by atoms with Gasteiger partial charge in [0.25, 0.3) is 5.82 Å².